The van der Waals surface area contributed by atoms with Crippen LogP contribution in [0.1, 0.15) is 110 Å². The molecule has 2 aromatic carbocycles. The van der Waals surface area contributed by atoms with Crippen molar-refractivity contribution >= 4 is 8.60 Å². The normalized spacial score (nSPS) is 14.8. The molecule has 2 aromatic rings. The highest BCUT2D eigenvalue weighted by Gasteiger charge is 2.33. The average molecular weight is 499 g/mol. The first-order valence-electron chi connectivity index (χ1n) is 13.3. The van der Waals surface area contributed by atoms with Gasteiger partial charge in [-0.3, -0.25) is 4.52 Å². The molecule has 0 spiro atoms. The van der Waals surface area contributed by atoms with Gasteiger partial charge in [-0.25, -0.2) is 0 Å². The summed E-state index contributed by atoms with van der Waals surface area (Å²) in [5.41, 5.74) is 7.61. The minimum absolute atomic E-state index is 0.0532. The Kier molecular flexibility index (Phi) is 8.65. The number of fused-ring (bicyclic) bond motifs is 2. The van der Waals surface area contributed by atoms with E-state index in [0.717, 1.165) is 30.8 Å². The van der Waals surface area contributed by atoms with Crippen LogP contribution in [0.5, 0.6) is 11.5 Å². The first kappa shape index (κ1) is 28.0. The molecule has 0 bridgehead atoms. The van der Waals surface area contributed by atoms with Crippen molar-refractivity contribution in [1.82, 2.24) is 0 Å². The van der Waals surface area contributed by atoms with Crippen molar-refractivity contribution < 1.29 is 13.6 Å². The van der Waals surface area contributed by atoms with Crippen molar-refractivity contribution in [3.8, 4) is 11.5 Å². The lowest BCUT2D eigenvalue weighted by atomic mass is 9.80. The van der Waals surface area contributed by atoms with Crippen LogP contribution in [0.3, 0.4) is 0 Å². The number of hydrogen-bond donors (Lipinski definition) is 0. The van der Waals surface area contributed by atoms with Crippen LogP contribution in [-0.4, -0.2) is 6.61 Å². The molecule has 0 saturated carbocycles. The molecular formula is C31H47O3P. The molecule has 0 amide bonds. The Balaban J connectivity index is 2.30. The van der Waals surface area contributed by atoms with Crippen LogP contribution in [0.15, 0.2) is 24.3 Å². The van der Waals surface area contributed by atoms with Crippen LogP contribution in [0.2, 0.25) is 0 Å². The minimum Gasteiger partial charge on any atom is -0.417 e. The fourth-order valence-electron chi connectivity index (χ4n) is 4.81. The van der Waals surface area contributed by atoms with Gasteiger partial charge in [0.15, 0.2) is 0 Å². The van der Waals surface area contributed by atoms with E-state index in [4.69, 9.17) is 13.6 Å². The van der Waals surface area contributed by atoms with Crippen molar-refractivity contribution in [2.45, 2.75) is 106 Å². The molecule has 194 valence electrons. The molecule has 4 heteroatoms. The average Bonchev–Trinajstić information content (AvgIpc) is 2.67. The fourth-order valence-corrected chi connectivity index (χ4v) is 5.89. The maximum Gasteiger partial charge on any atom is 0.463 e. The molecule has 0 aliphatic carbocycles. The van der Waals surface area contributed by atoms with Gasteiger partial charge in [0, 0.05) is 17.5 Å². The van der Waals surface area contributed by atoms with Crippen molar-refractivity contribution in [3.63, 3.8) is 0 Å². The third-order valence-electron chi connectivity index (χ3n) is 6.30. The molecule has 0 N–H and O–H groups in total. The van der Waals surface area contributed by atoms with Gasteiger partial charge in [-0.05, 0) is 64.7 Å². The van der Waals surface area contributed by atoms with E-state index in [1.54, 1.807) is 0 Å². The molecule has 0 aromatic heterocycles. The van der Waals surface area contributed by atoms with Crippen LogP contribution in [0.25, 0.3) is 0 Å². The zero-order valence-corrected chi connectivity index (χ0v) is 24.9. The largest absolute Gasteiger partial charge is 0.463 e. The van der Waals surface area contributed by atoms with Crippen molar-refractivity contribution in [2.24, 2.45) is 11.8 Å². The summed E-state index contributed by atoms with van der Waals surface area (Å²) in [6.07, 6.45) is 2.91. The lowest BCUT2D eigenvalue weighted by molar-refractivity contribution is 0.274. The third-order valence-corrected chi connectivity index (χ3v) is 7.43. The second-order valence-corrected chi connectivity index (χ2v) is 14.0. The van der Waals surface area contributed by atoms with E-state index >= 15 is 0 Å². The number of hydrogen-bond acceptors (Lipinski definition) is 3. The van der Waals surface area contributed by atoms with Gasteiger partial charge in [0.2, 0.25) is 0 Å². The lowest BCUT2D eigenvalue weighted by Gasteiger charge is -2.32. The monoisotopic (exact) mass is 498 g/mol. The van der Waals surface area contributed by atoms with E-state index in [1.165, 1.54) is 33.4 Å². The summed E-state index contributed by atoms with van der Waals surface area (Å²) in [5.74, 6) is 3.08. The topological polar surface area (TPSA) is 27.7 Å². The van der Waals surface area contributed by atoms with Gasteiger partial charge in [0.05, 0.1) is 6.61 Å². The van der Waals surface area contributed by atoms with Gasteiger partial charge in [0.1, 0.15) is 11.5 Å². The summed E-state index contributed by atoms with van der Waals surface area (Å²) < 4.78 is 19.3. The Labute approximate surface area is 216 Å². The molecule has 0 radical (unpaired) electrons. The summed E-state index contributed by atoms with van der Waals surface area (Å²) >= 11 is 0. The summed E-state index contributed by atoms with van der Waals surface area (Å²) in [6, 6.07) is 9.42. The molecular weight excluding hydrogens is 451 g/mol. The van der Waals surface area contributed by atoms with Crippen LogP contribution >= 0.6 is 8.60 Å². The molecule has 1 aliphatic heterocycles. The van der Waals surface area contributed by atoms with Gasteiger partial charge < -0.3 is 9.05 Å². The van der Waals surface area contributed by atoms with E-state index in [0.29, 0.717) is 18.4 Å². The predicted octanol–water partition coefficient (Wildman–Crippen LogP) is 9.30. The van der Waals surface area contributed by atoms with Crippen LogP contribution in [0.4, 0.5) is 0 Å². The van der Waals surface area contributed by atoms with Crippen molar-refractivity contribution in [3.05, 3.63) is 57.6 Å². The Morgan fingerprint density at radius 2 is 1.14 bits per heavy atom. The third kappa shape index (κ3) is 7.01. The molecule has 0 saturated heterocycles. The summed E-state index contributed by atoms with van der Waals surface area (Å²) in [5, 5.41) is 0. The first-order valence-corrected chi connectivity index (χ1v) is 14.4. The Hall–Kier alpha value is -1.57. The van der Waals surface area contributed by atoms with E-state index in [2.05, 4.69) is 93.5 Å². The van der Waals surface area contributed by atoms with Crippen molar-refractivity contribution in [2.75, 3.05) is 6.61 Å². The highest BCUT2D eigenvalue weighted by atomic mass is 31.2. The van der Waals surface area contributed by atoms with E-state index in [9.17, 15) is 0 Å². The maximum atomic E-state index is 6.63. The molecule has 3 nitrogen and oxygen atoms in total. The van der Waals surface area contributed by atoms with Crippen LogP contribution in [-0.2, 0) is 34.6 Å². The second kappa shape index (κ2) is 10.8. The summed E-state index contributed by atoms with van der Waals surface area (Å²) in [6.45, 7) is 25.3. The fraction of sp³-hybridized carbons (Fsp3) is 0.613. The molecule has 1 aliphatic rings. The van der Waals surface area contributed by atoms with E-state index in [-0.39, 0.29) is 10.8 Å². The van der Waals surface area contributed by atoms with Gasteiger partial charge in [-0.2, -0.15) is 0 Å². The molecule has 3 rings (SSSR count). The molecule has 0 fully saturated rings. The molecule has 1 heterocycles. The minimum atomic E-state index is -1.57. The Bertz CT molecular complexity index is 945. The van der Waals surface area contributed by atoms with Gasteiger partial charge in [0.25, 0.3) is 0 Å². The van der Waals surface area contributed by atoms with Crippen LogP contribution in [0, 0.1) is 11.8 Å². The molecule has 0 atom stereocenters. The smallest absolute Gasteiger partial charge is 0.417 e. The second-order valence-electron chi connectivity index (χ2n) is 13.0. The van der Waals surface area contributed by atoms with E-state index in [1.807, 2.05) is 6.92 Å². The molecule has 0 unspecified atom stereocenters. The SMILES string of the molecule is CCOP1Oc2c(cc(CC(C)C)cc2C(C)(C)C)Cc2cc(CC(C)C)cc(C(C)(C)C)c2O1. The summed E-state index contributed by atoms with van der Waals surface area (Å²) in [7, 11) is -1.57. The predicted molar refractivity (Wildman–Crippen MR) is 150 cm³/mol. The van der Waals surface area contributed by atoms with Gasteiger partial charge in [-0.15, -0.1) is 0 Å². The zero-order valence-electron chi connectivity index (χ0n) is 24.0. The van der Waals surface area contributed by atoms with Crippen LogP contribution < -0.4 is 9.05 Å². The Morgan fingerprint density at radius 1 is 0.743 bits per heavy atom. The highest BCUT2D eigenvalue weighted by Crippen LogP contribution is 2.52. The Morgan fingerprint density at radius 3 is 1.46 bits per heavy atom. The maximum absolute atomic E-state index is 6.63. The zero-order chi connectivity index (χ0) is 26.1. The number of rotatable bonds is 6. The van der Waals surface area contributed by atoms with Crippen molar-refractivity contribution in [1.29, 1.82) is 0 Å². The van der Waals surface area contributed by atoms with Gasteiger partial charge in [-0.1, -0.05) is 93.5 Å². The van der Waals surface area contributed by atoms with Gasteiger partial charge >= 0.3 is 8.60 Å². The lowest BCUT2D eigenvalue weighted by Crippen LogP contribution is -2.19. The molecule has 35 heavy (non-hydrogen) atoms. The number of benzene rings is 2. The summed E-state index contributed by atoms with van der Waals surface area (Å²) in [4.78, 5) is 0. The standard InChI is InChI=1S/C31H47O3P/c1-12-32-35-33-28-24(15-22(13-20(2)3)17-26(28)30(6,7)8)19-25-16-23(14-21(4)5)18-27(29(25)34-35)31(9,10)11/h15-18,20-21H,12-14,19H2,1-11H3. The highest BCUT2D eigenvalue weighted by molar-refractivity contribution is 7.42. The quantitative estimate of drug-likeness (QED) is 0.371. The first-order chi connectivity index (χ1) is 16.2. The van der Waals surface area contributed by atoms with E-state index < -0.39 is 8.60 Å².